The van der Waals surface area contributed by atoms with E-state index in [1.807, 2.05) is 13.8 Å². The second-order valence-corrected chi connectivity index (χ2v) is 3.95. The highest BCUT2D eigenvalue weighted by molar-refractivity contribution is 4.53. The van der Waals surface area contributed by atoms with Crippen LogP contribution in [-0.2, 0) is 0 Å². The highest BCUT2D eigenvalue weighted by Crippen LogP contribution is 1.99. The van der Waals surface area contributed by atoms with E-state index in [2.05, 4.69) is 0 Å². The minimum atomic E-state index is 0.152. The summed E-state index contributed by atoms with van der Waals surface area (Å²) in [5.41, 5.74) is 0. The molecular formula is C9H22N2O2. The summed E-state index contributed by atoms with van der Waals surface area (Å²) in [6.45, 7) is 3.89. The summed E-state index contributed by atoms with van der Waals surface area (Å²) in [4.78, 5) is 0. The van der Waals surface area contributed by atoms with Gasteiger partial charge in [-0.05, 0) is 33.1 Å². The topological polar surface area (TPSA) is 55.0 Å². The van der Waals surface area contributed by atoms with E-state index in [1.54, 1.807) is 14.1 Å². The highest BCUT2D eigenvalue weighted by Gasteiger charge is 2.08. The van der Waals surface area contributed by atoms with Gasteiger partial charge in [0, 0.05) is 0 Å². The molecule has 2 N–H and O–H groups in total. The lowest BCUT2D eigenvalue weighted by Crippen LogP contribution is -3.08. The lowest BCUT2D eigenvalue weighted by atomic mass is 10.1. The smallest absolute Gasteiger partial charge is 0.0841 e. The normalized spacial score (nSPS) is 20.8. The third-order valence-corrected chi connectivity index (χ3v) is 2.66. The zero-order chi connectivity index (χ0) is 10.4. The van der Waals surface area contributed by atoms with Crippen molar-refractivity contribution in [2.24, 2.45) is 0 Å². The number of hydrogen-bond donors (Lipinski definition) is 2. The third kappa shape index (κ3) is 5.99. The van der Waals surface area contributed by atoms with Gasteiger partial charge in [0.1, 0.15) is 0 Å². The molecule has 0 aromatic rings. The lowest BCUT2D eigenvalue weighted by molar-refractivity contribution is -0.855. The SMILES string of the molecule is CC(CCCC(C)[NH+](C)[O-])[NH+](C)[O-]. The molecular weight excluding hydrogens is 168 g/mol. The molecule has 0 fully saturated rings. The number of nitrogens with one attached hydrogen (secondary N) is 2. The van der Waals surface area contributed by atoms with Crippen molar-refractivity contribution in [3.63, 3.8) is 0 Å². The quantitative estimate of drug-likeness (QED) is 0.526. The molecule has 0 aromatic heterocycles. The fourth-order valence-corrected chi connectivity index (χ4v) is 1.14. The average Bonchev–Trinajstić information content (AvgIpc) is 2.03. The van der Waals surface area contributed by atoms with E-state index >= 15 is 0 Å². The van der Waals surface area contributed by atoms with E-state index in [-0.39, 0.29) is 22.2 Å². The molecule has 0 bridgehead atoms. The Morgan fingerprint density at radius 2 is 1.23 bits per heavy atom. The van der Waals surface area contributed by atoms with Crippen LogP contribution in [0.25, 0.3) is 0 Å². The third-order valence-electron chi connectivity index (χ3n) is 2.66. The molecule has 0 rings (SSSR count). The van der Waals surface area contributed by atoms with Gasteiger partial charge in [-0.2, -0.15) is 0 Å². The van der Waals surface area contributed by atoms with Crippen LogP contribution in [0.2, 0.25) is 0 Å². The van der Waals surface area contributed by atoms with Gasteiger partial charge in [-0.15, -0.1) is 0 Å². The first-order valence-corrected chi connectivity index (χ1v) is 4.96. The first-order valence-electron chi connectivity index (χ1n) is 4.96. The van der Waals surface area contributed by atoms with Gasteiger partial charge in [0.25, 0.3) is 0 Å². The fourth-order valence-electron chi connectivity index (χ4n) is 1.14. The maximum absolute atomic E-state index is 10.9. The second kappa shape index (κ2) is 6.32. The van der Waals surface area contributed by atoms with Gasteiger partial charge in [-0.1, -0.05) is 0 Å². The number of quaternary nitrogens is 2. The van der Waals surface area contributed by atoms with Crippen LogP contribution in [0.5, 0.6) is 0 Å². The number of rotatable bonds is 6. The molecule has 0 radical (unpaired) electrons. The maximum Gasteiger partial charge on any atom is 0.0841 e. The summed E-state index contributed by atoms with van der Waals surface area (Å²) in [7, 11) is 3.25. The molecule has 0 saturated carbocycles. The van der Waals surface area contributed by atoms with Gasteiger partial charge >= 0.3 is 0 Å². The standard InChI is InChI=1S/C9H22N2O2/c1-8(10(3)12)6-5-7-9(2)11(4)13/h8-11H,5-7H2,1-4H3. The van der Waals surface area contributed by atoms with Crippen molar-refractivity contribution in [1.82, 2.24) is 0 Å². The van der Waals surface area contributed by atoms with Crippen LogP contribution in [0.15, 0.2) is 0 Å². The van der Waals surface area contributed by atoms with Crippen LogP contribution in [0.4, 0.5) is 0 Å². The van der Waals surface area contributed by atoms with Crippen LogP contribution >= 0.6 is 0 Å². The van der Waals surface area contributed by atoms with Crippen molar-refractivity contribution >= 4 is 0 Å². The predicted molar refractivity (Wildman–Crippen MR) is 53.3 cm³/mol. The minimum Gasteiger partial charge on any atom is -0.634 e. The summed E-state index contributed by atoms with van der Waals surface area (Å²) in [5.74, 6) is 0. The molecule has 4 nitrogen and oxygen atoms in total. The zero-order valence-electron chi connectivity index (χ0n) is 9.09. The Morgan fingerprint density at radius 1 is 0.923 bits per heavy atom. The van der Waals surface area contributed by atoms with Crippen molar-refractivity contribution in [3.8, 4) is 0 Å². The average molecular weight is 190 g/mol. The van der Waals surface area contributed by atoms with Crippen molar-refractivity contribution in [3.05, 3.63) is 10.4 Å². The van der Waals surface area contributed by atoms with Crippen LogP contribution in [0, 0.1) is 10.4 Å². The molecule has 0 heterocycles. The Balaban J connectivity index is 3.45. The van der Waals surface area contributed by atoms with Gasteiger partial charge in [0.2, 0.25) is 0 Å². The van der Waals surface area contributed by atoms with Crippen LogP contribution in [0.1, 0.15) is 33.1 Å². The zero-order valence-corrected chi connectivity index (χ0v) is 9.09. The molecule has 0 aliphatic heterocycles. The molecule has 4 heteroatoms. The maximum atomic E-state index is 10.9. The Morgan fingerprint density at radius 3 is 1.46 bits per heavy atom. The number of hydroxylamine groups is 4. The molecule has 0 spiro atoms. The van der Waals surface area contributed by atoms with E-state index in [0.29, 0.717) is 0 Å². The van der Waals surface area contributed by atoms with Gasteiger partial charge in [0.15, 0.2) is 0 Å². The van der Waals surface area contributed by atoms with Crippen molar-refractivity contribution in [2.75, 3.05) is 14.1 Å². The van der Waals surface area contributed by atoms with Crippen molar-refractivity contribution in [2.45, 2.75) is 45.2 Å². The molecule has 0 saturated heterocycles. The predicted octanol–water partition coefficient (Wildman–Crippen LogP) is -1.04. The fraction of sp³-hybridized carbons (Fsp3) is 1.00. The Hall–Kier alpha value is -0.160. The molecule has 0 aliphatic rings. The summed E-state index contributed by atoms with van der Waals surface area (Å²) < 4.78 is 0. The van der Waals surface area contributed by atoms with Crippen molar-refractivity contribution in [1.29, 1.82) is 0 Å². The first kappa shape index (κ1) is 12.8. The van der Waals surface area contributed by atoms with Crippen LogP contribution in [0.3, 0.4) is 0 Å². The molecule has 4 atom stereocenters. The van der Waals surface area contributed by atoms with E-state index in [0.717, 1.165) is 19.3 Å². The van der Waals surface area contributed by atoms with Crippen LogP contribution < -0.4 is 10.1 Å². The number of hydrogen-bond acceptors (Lipinski definition) is 2. The monoisotopic (exact) mass is 190 g/mol. The minimum absolute atomic E-state index is 0.152. The van der Waals surface area contributed by atoms with Gasteiger partial charge in [0.05, 0.1) is 26.2 Å². The first-order chi connectivity index (χ1) is 5.95. The lowest BCUT2D eigenvalue weighted by Gasteiger charge is -2.27. The van der Waals surface area contributed by atoms with E-state index in [1.165, 1.54) is 0 Å². The molecule has 0 aromatic carbocycles. The molecule has 0 amide bonds. The Kier molecular flexibility index (Phi) is 6.24. The van der Waals surface area contributed by atoms with Crippen molar-refractivity contribution < 1.29 is 10.1 Å². The van der Waals surface area contributed by atoms with E-state index in [9.17, 15) is 10.4 Å². The summed E-state index contributed by atoms with van der Waals surface area (Å²) in [6.07, 6.45) is 2.79. The summed E-state index contributed by atoms with van der Waals surface area (Å²) in [6, 6.07) is 0.304. The van der Waals surface area contributed by atoms with Gasteiger partial charge < -0.3 is 20.5 Å². The molecule has 0 aliphatic carbocycles. The largest absolute Gasteiger partial charge is 0.634 e. The van der Waals surface area contributed by atoms with Gasteiger partial charge in [-0.3, -0.25) is 0 Å². The summed E-state index contributed by atoms with van der Waals surface area (Å²) in [5, 5.41) is 22.3. The Labute approximate surface area is 80.7 Å². The van der Waals surface area contributed by atoms with E-state index in [4.69, 9.17) is 0 Å². The van der Waals surface area contributed by atoms with Gasteiger partial charge in [-0.25, -0.2) is 0 Å². The molecule has 13 heavy (non-hydrogen) atoms. The molecule has 4 unspecified atom stereocenters. The summed E-state index contributed by atoms with van der Waals surface area (Å²) >= 11 is 0. The highest BCUT2D eigenvalue weighted by atomic mass is 16.5. The second-order valence-electron chi connectivity index (χ2n) is 3.95. The Bertz CT molecular complexity index is 115. The molecule has 80 valence electrons. The van der Waals surface area contributed by atoms with E-state index < -0.39 is 0 Å². The van der Waals surface area contributed by atoms with Crippen LogP contribution in [-0.4, -0.2) is 26.2 Å².